The van der Waals surface area contributed by atoms with E-state index < -0.39 is 0 Å². The standard InChI is InChI=1S/C13H20N2O2/c1-14(2)9-10-17-12-7-5-11(6-8-12)13(16)15(3)4/h5-8H,9-10H2,1-4H3. The van der Waals surface area contributed by atoms with Gasteiger partial charge in [-0.3, -0.25) is 4.79 Å². The molecule has 0 bridgehead atoms. The minimum absolute atomic E-state index is 0.00448. The molecule has 0 N–H and O–H groups in total. The molecule has 0 spiro atoms. The molecule has 94 valence electrons. The lowest BCUT2D eigenvalue weighted by Gasteiger charge is -2.12. The summed E-state index contributed by atoms with van der Waals surface area (Å²) in [6, 6.07) is 7.22. The van der Waals surface area contributed by atoms with Crippen molar-refractivity contribution in [3.63, 3.8) is 0 Å². The normalized spacial score (nSPS) is 10.4. The third kappa shape index (κ3) is 4.44. The summed E-state index contributed by atoms with van der Waals surface area (Å²) in [5.41, 5.74) is 0.676. The van der Waals surface area contributed by atoms with E-state index in [1.165, 1.54) is 0 Å². The average Bonchev–Trinajstić information content (AvgIpc) is 2.28. The first kappa shape index (κ1) is 13.5. The van der Waals surface area contributed by atoms with Crippen molar-refractivity contribution in [2.45, 2.75) is 0 Å². The van der Waals surface area contributed by atoms with E-state index in [1.54, 1.807) is 31.1 Å². The van der Waals surface area contributed by atoms with Gasteiger partial charge in [0.25, 0.3) is 5.91 Å². The SMILES string of the molecule is CN(C)CCOc1ccc(C(=O)N(C)C)cc1. The van der Waals surface area contributed by atoms with Gasteiger partial charge >= 0.3 is 0 Å². The molecule has 0 aliphatic carbocycles. The van der Waals surface area contributed by atoms with Crippen LogP contribution in [-0.2, 0) is 0 Å². The van der Waals surface area contributed by atoms with Crippen molar-refractivity contribution >= 4 is 5.91 Å². The van der Waals surface area contributed by atoms with Crippen LogP contribution in [0.15, 0.2) is 24.3 Å². The Morgan fingerprint density at radius 2 is 1.71 bits per heavy atom. The quantitative estimate of drug-likeness (QED) is 0.773. The van der Waals surface area contributed by atoms with E-state index in [9.17, 15) is 4.79 Å². The van der Waals surface area contributed by atoms with Crippen LogP contribution in [0.5, 0.6) is 5.75 Å². The van der Waals surface area contributed by atoms with Crippen molar-refractivity contribution < 1.29 is 9.53 Å². The molecule has 1 aromatic carbocycles. The lowest BCUT2D eigenvalue weighted by atomic mass is 10.2. The topological polar surface area (TPSA) is 32.8 Å². The van der Waals surface area contributed by atoms with Gasteiger partial charge in [0.05, 0.1) is 0 Å². The zero-order valence-corrected chi connectivity index (χ0v) is 10.9. The number of hydrogen-bond donors (Lipinski definition) is 0. The fourth-order valence-electron chi connectivity index (χ4n) is 1.30. The van der Waals surface area contributed by atoms with Crippen LogP contribution in [0.1, 0.15) is 10.4 Å². The van der Waals surface area contributed by atoms with Gasteiger partial charge in [0.15, 0.2) is 0 Å². The number of carbonyl (C=O) groups is 1. The molecule has 0 saturated carbocycles. The van der Waals surface area contributed by atoms with Gasteiger partial charge in [0.2, 0.25) is 0 Å². The third-order valence-corrected chi connectivity index (χ3v) is 2.31. The monoisotopic (exact) mass is 236 g/mol. The first-order chi connectivity index (χ1) is 8.00. The second-order valence-corrected chi connectivity index (χ2v) is 4.38. The predicted octanol–water partition coefficient (Wildman–Crippen LogP) is 1.33. The molecule has 1 rings (SSSR count). The number of benzene rings is 1. The Morgan fingerprint density at radius 1 is 1.12 bits per heavy atom. The second kappa shape index (κ2) is 6.25. The van der Waals surface area contributed by atoms with Crippen LogP contribution in [0, 0.1) is 0 Å². The van der Waals surface area contributed by atoms with Gasteiger partial charge in [0.1, 0.15) is 12.4 Å². The number of ether oxygens (including phenoxy) is 1. The molecule has 0 aliphatic rings. The van der Waals surface area contributed by atoms with Crippen molar-refractivity contribution in [1.29, 1.82) is 0 Å². The molecular weight excluding hydrogens is 216 g/mol. The van der Waals surface area contributed by atoms with Crippen molar-refractivity contribution in [2.24, 2.45) is 0 Å². The minimum atomic E-state index is 0.00448. The molecule has 0 heterocycles. The van der Waals surface area contributed by atoms with Crippen LogP contribution in [-0.4, -0.2) is 57.0 Å². The highest BCUT2D eigenvalue weighted by molar-refractivity contribution is 5.93. The lowest BCUT2D eigenvalue weighted by Crippen LogP contribution is -2.21. The molecular formula is C13H20N2O2. The molecule has 0 radical (unpaired) electrons. The van der Waals surface area contributed by atoms with E-state index in [0.717, 1.165) is 12.3 Å². The van der Waals surface area contributed by atoms with E-state index in [2.05, 4.69) is 4.90 Å². The van der Waals surface area contributed by atoms with Crippen LogP contribution < -0.4 is 4.74 Å². The van der Waals surface area contributed by atoms with Crippen LogP contribution >= 0.6 is 0 Å². The zero-order chi connectivity index (χ0) is 12.8. The molecule has 0 unspecified atom stereocenters. The highest BCUT2D eigenvalue weighted by Gasteiger charge is 2.07. The summed E-state index contributed by atoms with van der Waals surface area (Å²) in [4.78, 5) is 15.3. The molecule has 0 saturated heterocycles. The summed E-state index contributed by atoms with van der Waals surface area (Å²) >= 11 is 0. The maximum atomic E-state index is 11.6. The molecule has 1 amide bonds. The van der Waals surface area contributed by atoms with Gasteiger partial charge in [-0.1, -0.05) is 0 Å². The van der Waals surface area contributed by atoms with Crippen LogP contribution in [0.4, 0.5) is 0 Å². The first-order valence-corrected chi connectivity index (χ1v) is 5.60. The first-order valence-electron chi connectivity index (χ1n) is 5.60. The van der Waals surface area contributed by atoms with Crippen LogP contribution in [0.25, 0.3) is 0 Å². The van der Waals surface area contributed by atoms with Gasteiger partial charge in [-0.25, -0.2) is 0 Å². The van der Waals surface area contributed by atoms with Gasteiger partial charge in [0, 0.05) is 26.2 Å². The molecule has 4 nitrogen and oxygen atoms in total. The second-order valence-electron chi connectivity index (χ2n) is 4.38. The molecule has 0 fully saturated rings. The van der Waals surface area contributed by atoms with Crippen LogP contribution in [0.3, 0.4) is 0 Å². The number of nitrogens with zero attached hydrogens (tertiary/aromatic N) is 2. The molecule has 17 heavy (non-hydrogen) atoms. The summed E-state index contributed by atoms with van der Waals surface area (Å²) in [5.74, 6) is 0.798. The number of rotatable bonds is 5. The number of amides is 1. The summed E-state index contributed by atoms with van der Waals surface area (Å²) in [6.07, 6.45) is 0. The third-order valence-electron chi connectivity index (χ3n) is 2.31. The van der Waals surface area contributed by atoms with E-state index in [-0.39, 0.29) is 5.91 Å². The predicted molar refractivity (Wildman–Crippen MR) is 68.5 cm³/mol. The molecule has 0 atom stereocenters. The van der Waals surface area contributed by atoms with E-state index in [4.69, 9.17) is 4.74 Å². The van der Waals surface area contributed by atoms with Gasteiger partial charge < -0.3 is 14.5 Å². The number of likely N-dealkylation sites (N-methyl/N-ethyl adjacent to an activating group) is 1. The number of carbonyl (C=O) groups excluding carboxylic acids is 1. The van der Waals surface area contributed by atoms with Crippen LogP contribution in [0.2, 0.25) is 0 Å². The zero-order valence-electron chi connectivity index (χ0n) is 10.9. The van der Waals surface area contributed by atoms with Gasteiger partial charge in [-0.15, -0.1) is 0 Å². The van der Waals surface area contributed by atoms with Crippen molar-refractivity contribution in [3.8, 4) is 5.75 Å². The Labute approximate surface area is 103 Å². The summed E-state index contributed by atoms with van der Waals surface area (Å²) in [6.45, 7) is 1.52. The van der Waals surface area contributed by atoms with Crippen molar-refractivity contribution in [2.75, 3.05) is 41.3 Å². The van der Waals surface area contributed by atoms with E-state index in [0.29, 0.717) is 12.2 Å². The Kier molecular flexibility index (Phi) is 4.97. The number of hydrogen-bond acceptors (Lipinski definition) is 3. The molecule has 4 heteroatoms. The molecule has 0 aliphatic heterocycles. The highest BCUT2D eigenvalue weighted by Crippen LogP contribution is 2.13. The maximum absolute atomic E-state index is 11.6. The Bertz CT molecular complexity index is 358. The Hall–Kier alpha value is -1.55. The van der Waals surface area contributed by atoms with E-state index in [1.807, 2.05) is 26.2 Å². The van der Waals surface area contributed by atoms with Gasteiger partial charge in [-0.2, -0.15) is 0 Å². The Balaban J connectivity index is 2.53. The fraction of sp³-hybridized carbons (Fsp3) is 0.462. The van der Waals surface area contributed by atoms with Crippen molar-refractivity contribution in [3.05, 3.63) is 29.8 Å². The lowest BCUT2D eigenvalue weighted by molar-refractivity contribution is 0.0827. The highest BCUT2D eigenvalue weighted by atomic mass is 16.5. The summed E-state index contributed by atoms with van der Waals surface area (Å²) in [7, 11) is 7.48. The van der Waals surface area contributed by atoms with E-state index >= 15 is 0 Å². The van der Waals surface area contributed by atoms with Gasteiger partial charge in [-0.05, 0) is 38.4 Å². The minimum Gasteiger partial charge on any atom is -0.492 e. The molecule has 0 aromatic heterocycles. The maximum Gasteiger partial charge on any atom is 0.253 e. The molecule has 1 aromatic rings. The fourth-order valence-corrected chi connectivity index (χ4v) is 1.30. The summed E-state index contributed by atoms with van der Waals surface area (Å²) in [5, 5.41) is 0. The smallest absolute Gasteiger partial charge is 0.253 e. The summed E-state index contributed by atoms with van der Waals surface area (Å²) < 4.78 is 5.55. The average molecular weight is 236 g/mol. The largest absolute Gasteiger partial charge is 0.492 e. The Morgan fingerprint density at radius 3 is 2.18 bits per heavy atom. The van der Waals surface area contributed by atoms with Crippen molar-refractivity contribution in [1.82, 2.24) is 9.80 Å².